The van der Waals surface area contributed by atoms with Crippen molar-refractivity contribution >= 4 is 21.5 Å². The quantitative estimate of drug-likeness (QED) is 0.532. The maximum atomic E-state index is 13.0. The highest BCUT2D eigenvalue weighted by molar-refractivity contribution is 7.57. The zero-order valence-electron chi connectivity index (χ0n) is 18.8. The van der Waals surface area contributed by atoms with Crippen molar-refractivity contribution in [3.05, 3.63) is 37.9 Å². The van der Waals surface area contributed by atoms with Crippen molar-refractivity contribution in [2.45, 2.75) is 70.7 Å². The molecule has 1 aromatic rings. The van der Waals surface area contributed by atoms with Crippen LogP contribution in [0.4, 0.5) is 0 Å². The van der Waals surface area contributed by atoms with E-state index >= 15 is 0 Å². The fraction of sp³-hybridized carbons (Fsp3) is 0.684. The molecule has 3 heterocycles. The van der Waals surface area contributed by atoms with Crippen molar-refractivity contribution < 1.29 is 22.8 Å². The second-order valence-corrected chi connectivity index (χ2v) is 16.1. The van der Waals surface area contributed by atoms with Crippen molar-refractivity contribution in [2.75, 3.05) is 14.2 Å². The Morgan fingerprint density at radius 3 is 2.37 bits per heavy atom. The lowest BCUT2D eigenvalue weighted by molar-refractivity contribution is -0.000666. The summed E-state index contributed by atoms with van der Waals surface area (Å²) in [5, 5.41) is -0.0303. The molecule has 0 amide bonds. The smallest absolute Gasteiger partial charge is 0.354 e. The summed E-state index contributed by atoms with van der Waals surface area (Å²) >= 11 is 0. The maximum Gasteiger partial charge on any atom is 0.354 e. The zero-order valence-corrected chi connectivity index (χ0v) is 20.7. The van der Waals surface area contributed by atoms with Gasteiger partial charge in [-0.15, -0.1) is 0 Å². The molecule has 168 valence electrons. The van der Waals surface area contributed by atoms with E-state index in [2.05, 4.69) is 38.8 Å². The summed E-state index contributed by atoms with van der Waals surface area (Å²) in [7, 11) is -3.22. The molecule has 9 nitrogen and oxygen atoms in total. The molecule has 3 atom stereocenters. The van der Waals surface area contributed by atoms with Crippen LogP contribution in [0.5, 0.6) is 0 Å². The molecule has 2 aliphatic heterocycles. The summed E-state index contributed by atoms with van der Waals surface area (Å²) in [5.74, 6) is 1.35. The molecule has 1 saturated heterocycles. The number of fused-ring (bicyclic) bond motifs is 4. The van der Waals surface area contributed by atoms with E-state index in [0.29, 0.717) is 23.3 Å². The Kier molecular flexibility index (Phi) is 5.99. The average Bonchev–Trinajstić information content (AvgIpc) is 2.99. The van der Waals surface area contributed by atoms with Crippen molar-refractivity contribution in [1.29, 1.82) is 0 Å². The topological polar surface area (TPSA) is 109 Å². The highest BCUT2D eigenvalue weighted by Crippen LogP contribution is 2.54. The number of aromatic amines is 1. The van der Waals surface area contributed by atoms with Gasteiger partial charge in [0.05, 0.1) is 11.8 Å². The summed E-state index contributed by atoms with van der Waals surface area (Å²) < 4.78 is 37.3. The highest BCUT2D eigenvalue weighted by atomic mass is 31.2. The first-order valence-electron chi connectivity index (χ1n) is 9.87. The third kappa shape index (κ3) is 3.85. The maximum absolute atomic E-state index is 13.0. The normalized spacial score (nSPS) is 25.6. The first-order chi connectivity index (χ1) is 13.7. The molecule has 0 saturated carbocycles. The van der Waals surface area contributed by atoms with E-state index in [1.165, 1.54) is 24.6 Å². The van der Waals surface area contributed by atoms with Crippen LogP contribution in [0.1, 0.15) is 44.7 Å². The summed E-state index contributed by atoms with van der Waals surface area (Å²) in [5.41, 5.74) is 0.0734. The number of ether oxygens (including phenoxy) is 1. The Morgan fingerprint density at radius 1 is 1.23 bits per heavy atom. The molecule has 0 aromatic carbocycles. The lowest BCUT2D eigenvalue weighted by Gasteiger charge is -2.39. The van der Waals surface area contributed by atoms with Crippen LogP contribution < -0.4 is 11.2 Å². The molecular weight excluding hydrogens is 427 g/mol. The first-order valence-corrected chi connectivity index (χ1v) is 14.4. The fourth-order valence-corrected chi connectivity index (χ4v) is 5.93. The van der Waals surface area contributed by atoms with Crippen LogP contribution in [-0.4, -0.2) is 44.3 Å². The van der Waals surface area contributed by atoms with Gasteiger partial charge in [0, 0.05) is 37.6 Å². The van der Waals surface area contributed by atoms with Crippen LogP contribution in [0.2, 0.25) is 18.1 Å². The Labute approximate surface area is 177 Å². The van der Waals surface area contributed by atoms with Crippen LogP contribution in [0.15, 0.2) is 15.4 Å². The van der Waals surface area contributed by atoms with E-state index in [1.54, 1.807) is 6.92 Å². The van der Waals surface area contributed by atoms with E-state index < -0.39 is 39.5 Å². The minimum Gasteiger partial charge on any atom is -0.411 e. The van der Waals surface area contributed by atoms with Crippen LogP contribution in [-0.2, 0) is 22.8 Å². The number of rotatable bonds is 5. The van der Waals surface area contributed by atoms with E-state index in [0.717, 1.165) is 0 Å². The van der Waals surface area contributed by atoms with E-state index in [1.807, 2.05) is 0 Å². The molecule has 30 heavy (non-hydrogen) atoms. The molecule has 1 N–H and O–H groups in total. The molecule has 0 spiro atoms. The second-order valence-electron chi connectivity index (χ2n) is 9.26. The SMILES string of the molecule is COP(=O)(/C=C1\c2c(C)c(=O)[nH]c(=O)n2[C@H]2CC(O[Si](C)(C)C(C)(C)C)[C@@H]1O2)OC. The molecule has 2 aliphatic rings. The third-order valence-electron chi connectivity index (χ3n) is 6.38. The van der Waals surface area contributed by atoms with E-state index in [9.17, 15) is 14.2 Å². The molecule has 1 unspecified atom stereocenters. The predicted molar refractivity (Wildman–Crippen MR) is 116 cm³/mol. The van der Waals surface area contributed by atoms with Gasteiger partial charge in [-0.3, -0.25) is 18.9 Å². The van der Waals surface area contributed by atoms with Gasteiger partial charge < -0.3 is 18.2 Å². The molecule has 11 heteroatoms. The summed E-state index contributed by atoms with van der Waals surface area (Å²) in [6.07, 6.45) is -1.10. The van der Waals surface area contributed by atoms with Gasteiger partial charge in [-0.05, 0) is 25.1 Å². The standard InChI is InChI=1S/C19H31N2O7PSi/c1-11-15-12(10-29(24,25-5)26-6)16-13(28-30(7,8)19(2,3)4)9-14(27-16)21(15)18(23)20-17(11)22/h10,13-14,16H,9H2,1-8H3,(H,20,22,23)/b12-10+/t13?,14-,16-/m1/s1. The Hall–Kier alpha value is -1.29. The van der Waals surface area contributed by atoms with Crippen LogP contribution in [0.25, 0.3) is 5.57 Å². The van der Waals surface area contributed by atoms with Gasteiger partial charge in [-0.2, -0.15) is 0 Å². The van der Waals surface area contributed by atoms with Gasteiger partial charge in [0.25, 0.3) is 5.56 Å². The Morgan fingerprint density at radius 2 is 1.83 bits per heavy atom. The van der Waals surface area contributed by atoms with Gasteiger partial charge in [0.15, 0.2) is 8.32 Å². The minimum atomic E-state index is -3.61. The minimum absolute atomic E-state index is 0.0303. The van der Waals surface area contributed by atoms with Crippen molar-refractivity contribution in [3.63, 3.8) is 0 Å². The van der Waals surface area contributed by atoms with Gasteiger partial charge >= 0.3 is 13.3 Å². The Balaban J connectivity index is 2.21. The van der Waals surface area contributed by atoms with E-state index in [4.69, 9.17) is 18.2 Å². The molecule has 2 bridgehead atoms. The number of nitrogens with one attached hydrogen (secondary N) is 1. The molecule has 0 radical (unpaired) electrons. The molecule has 1 aromatic heterocycles. The largest absolute Gasteiger partial charge is 0.411 e. The van der Waals surface area contributed by atoms with Crippen molar-refractivity contribution in [1.82, 2.24) is 9.55 Å². The zero-order chi connectivity index (χ0) is 22.6. The third-order valence-corrected chi connectivity index (χ3v) is 12.5. The van der Waals surface area contributed by atoms with Gasteiger partial charge in [-0.1, -0.05) is 20.8 Å². The predicted octanol–water partition coefficient (Wildman–Crippen LogP) is 3.36. The highest BCUT2D eigenvalue weighted by Gasteiger charge is 2.50. The van der Waals surface area contributed by atoms with Gasteiger partial charge in [-0.25, -0.2) is 4.79 Å². The van der Waals surface area contributed by atoms with Crippen LogP contribution in [0.3, 0.4) is 0 Å². The van der Waals surface area contributed by atoms with Gasteiger partial charge in [0.1, 0.15) is 12.3 Å². The van der Waals surface area contributed by atoms with Crippen LogP contribution in [0, 0.1) is 6.92 Å². The lowest BCUT2D eigenvalue weighted by atomic mass is 10.0. The van der Waals surface area contributed by atoms with Crippen LogP contribution >= 0.6 is 7.60 Å². The first kappa shape index (κ1) is 23.4. The van der Waals surface area contributed by atoms with Crippen molar-refractivity contribution in [3.8, 4) is 0 Å². The summed E-state index contributed by atoms with van der Waals surface area (Å²) in [4.78, 5) is 27.3. The Bertz CT molecular complexity index is 1030. The van der Waals surface area contributed by atoms with E-state index in [-0.39, 0.29) is 11.1 Å². The number of hydrogen-bond donors (Lipinski definition) is 1. The molecule has 3 rings (SSSR count). The summed E-state index contributed by atoms with van der Waals surface area (Å²) in [6.45, 7) is 12.3. The molecule has 0 aliphatic carbocycles. The number of nitrogens with zero attached hydrogens (tertiary/aromatic N) is 1. The monoisotopic (exact) mass is 458 g/mol. The van der Waals surface area contributed by atoms with Gasteiger partial charge in [0.2, 0.25) is 0 Å². The number of hydrogen-bond acceptors (Lipinski definition) is 7. The second kappa shape index (κ2) is 7.69. The lowest BCUT2D eigenvalue weighted by Crippen LogP contribution is -2.46. The van der Waals surface area contributed by atoms with Crippen molar-refractivity contribution in [2.24, 2.45) is 0 Å². The number of H-pyrrole nitrogens is 1. The number of aromatic nitrogens is 2. The molecule has 1 fully saturated rings. The average molecular weight is 459 g/mol. The fourth-order valence-electron chi connectivity index (χ4n) is 3.63. The summed E-state index contributed by atoms with van der Waals surface area (Å²) in [6, 6.07) is 0. The molecular formula is C19H31N2O7PSi.